The van der Waals surface area contributed by atoms with Gasteiger partial charge in [-0.2, -0.15) is 23.0 Å². The summed E-state index contributed by atoms with van der Waals surface area (Å²) in [6.45, 7) is 1.43. The number of imidazole rings is 1. The number of hydrogen-bond acceptors (Lipinski definition) is 6. The van der Waals surface area contributed by atoms with Gasteiger partial charge in [0, 0.05) is 35.4 Å². The number of aromatic amines is 1. The number of rotatable bonds is 1. The summed E-state index contributed by atoms with van der Waals surface area (Å²) < 4.78 is 41.1. The van der Waals surface area contributed by atoms with E-state index in [0.717, 1.165) is 0 Å². The van der Waals surface area contributed by atoms with Gasteiger partial charge in [-0.25, -0.2) is 9.97 Å². The maximum Gasteiger partial charge on any atom is 0.435 e. The molecule has 0 bridgehead atoms. The molecule has 29 heavy (non-hydrogen) atoms. The minimum Gasteiger partial charge on any atom is -0.426 e. The van der Waals surface area contributed by atoms with Crippen LogP contribution in [-0.2, 0) is 6.18 Å². The first-order valence-corrected chi connectivity index (χ1v) is 8.47. The quantitative estimate of drug-likeness (QED) is 0.368. The molecule has 0 spiro atoms. The highest BCUT2D eigenvalue weighted by molar-refractivity contribution is 5.95. The summed E-state index contributed by atoms with van der Waals surface area (Å²) in [5.74, 6) is 0.184. The molecule has 8 nitrogen and oxygen atoms in total. The maximum absolute atomic E-state index is 13.5. The smallest absolute Gasteiger partial charge is 0.426 e. The van der Waals surface area contributed by atoms with Gasteiger partial charge in [-0.15, -0.1) is 0 Å². The average Bonchev–Trinajstić information content (AvgIpc) is 3.18. The Labute approximate surface area is 161 Å². The Kier molecular flexibility index (Phi) is 3.45. The van der Waals surface area contributed by atoms with Crippen molar-refractivity contribution in [3.05, 3.63) is 48.2 Å². The van der Waals surface area contributed by atoms with Crippen LogP contribution in [0.2, 0.25) is 0 Å². The lowest BCUT2D eigenvalue weighted by atomic mass is 10.1. The highest BCUT2D eigenvalue weighted by Crippen LogP contribution is 2.45. The van der Waals surface area contributed by atoms with Crippen LogP contribution in [0.5, 0.6) is 0 Å². The lowest BCUT2D eigenvalue weighted by Gasteiger charge is -2.10. The number of nitrogens with zero attached hydrogens (tertiary/aromatic N) is 5. The number of nitrogens with one attached hydrogen (secondary N) is 2. The predicted octanol–water partition coefficient (Wildman–Crippen LogP) is 4.02. The minimum atomic E-state index is -4.72. The first kappa shape index (κ1) is 17.2. The van der Waals surface area contributed by atoms with Crippen LogP contribution in [0.25, 0.3) is 33.9 Å². The molecule has 0 amide bonds. The van der Waals surface area contributed by atoms with E-state index in [-0.39, 0.29) is 28.5 Å². The van der Waals surface area contributed by atoms with E-state index in [4.69, 9.17) is 0 Å². The van der Waals surface area contributed by atoms with E-state index in [9.17, 15) is 18.4 Å². The van der Waals surface area contributed by atoms with Gasteiger partial charge in [0.2, 0.25) is 0 Å². The van der Waals surface area contributed by atoms with Crippen LogP contribution in [0.1, 0.15) is 11.4 Å². The highest BCUT2D eigenvalue weighted by Gasteiger charge is 2.40. The Morgan fingerprint density at radius 3 is 2.76 bits per heavy atom. The maximum atomic E-state index is 13.5. The Hall–Kier alpha value is -3.89. The normalized spacial score (nSPS) is 12.6. The van der Waals surface area contributed by atoms with Crippen LogP contribution in [0.4, 0.5) is 24.7 Å². The summed E-state index contributed by atoms with van der Waals surface area (Å²) in [6, 6.07) is 5.08. The number of H-pyrrole nitrogens is 1. The van der Waals surface area contributed by atoms with Crippen molar-refractivity contribution in [3.8, 4) is 33.9 Å². The van der Waals surface area contributed by atoms with Crippen LogP contribution in [0, 0.1) is 6.92 Å². The van der Waals surface area contributed by atoms with Crippen molar-refractivity contribution in [3.63, 3.8) is 0 Å². The third-order valence-electron chi connectivity index (χ3n) is 4.69. The molecule has 3 N–H and O–H groups in total. The standard InChI is InChI=1S/C18H12F3N7O/c1-8-12(15(27-26-8)18(19,20)21)17-25-13-9-3-2-5-23-16(9)24-11-4-6-22-7-10(11)14(13)28(17)29/h2-7,29H,1H3,(H,23,24)(H,26,27). The summed E-state index contributed by atoms with van der Waals surface area (Å²) in [4.78, 5) is 12.7. The van der Waals surface area contributed by atoms with E-state index in [1.165, 1.54) is 13.1 Å². The fourth-order valence-electron chi connectivity index (χ4n) is 3.43. The molecule has 5 heterocycles. The summed E-state index contributed by atoms with van der Waals surface area (Å²) >= 11 is 0. The molecule has 1 aliphatic rings. The number of hydrogen-bond donors (Lipinski definition) is 3. The second-order valence-corrected chi connectivity index (χ2v) is 6.46. The summed E-state index contributed by atoms with van der Waals surface area (Å²) in [5, 5.41) is 19.8. The molecular weight excluding hydrogens is 387 g/mol. The van der Waals surface area contributed by atoms with Crippen LogP contribution in [0.3, 0.4) is 0 Å². The molecule has 5 rings (SSSR count). The van der Waals surface area contributed by atoms with Crippen LogP contribution >= 0.6 is 0 Å². The summed E-state index contributed by atoms with van der Waals surface area (Å²) in [6.07, 6.45) is -0.0843. The van der Waals surface area contributed by atoms with Gasteiger partial charge in [-0.3, -0.25) is 10.1 Å². The number of alkyl halides is 3. The van der Waals surface area contributed by atoms with Crippen LogP contribution in [-0.4, -0.2) is 35.1 Å². The van der Waals surface area contributed by atoms with Crippen molar-refractivity contribution < 1.29 is 18.4 Å². The van der Waals surface area contributed by atoms with E-state index in [1.807, 2.05) is 0 Å². The molecule has 11 heteroatoms. The molecule has 0 radical (unpaired) electrons. The molecule has 146 valence electrons. The van der Waals surface area contributed by atoms with Crippen molar-refractivity contribution in [2.75, 3.05) is 5.32 Å². The fraction of sp³-hybridized carbons (Fsp3) is 0.111. The third kappa shape index (κ3) is 2.47. The highest BCUT2D eigenvalue weighted by atomic mass is 19.4. The second-order valence-electron chi connectivity index (χ2n) is 6.46. The monoisotopic (exact) mass is 399 g/mol. The fourth-order valence-corrected chi connectivity index (χ4v) is 3.43. The molecule has 4 aromatic rings. The third-order valence-corrected chi connectivity index (χ3v) is 4.69. The summed E-state index contributed by atoms with van der Waals surface area (Å²) in [5.41, 5.74) is 0.719. The molecule has 0 aliphatic carbocycles. The van der Waals surface area contributed by atoms with Gasteiger partial charge < -0.3 is 10.5 Å². The first-order valence-electron chi connectivity index (χ1n) is 8.47. The van der Waals surface area contributed by atoms with Gasteiger partial charge in [-0.05, 0) is 25.1 Å². The van der Waals surface area contributed by atoms with E-state index >= 15 is 0 Å². The topological polar surface area (TPSA) is 105 Å². The first-order chi connectivity index (χ1) is 13.9. The zero-order valence-corrected chi connectivity index (χ0v) is 14.8. The number of aryl methyl sites for hydroxylation is 1. The van der Waals surface area contributed by atoms with E-state index in [1.54, 1.807) is 30.6 Å². The Morgan fingerprint density at radius 1 is 1.14 bits per heavy atom. The van der Waals surface area contributed by atoms with E-state index in [2.05, 4.69) is 30.5 Å². The molecule has 0 fully saturated rings. The van der Waals surface area contributed by atoms with Gasteiger partial charge in [0.15, 0.2) is 11.5 Å². The molecule has 0 saturated carbocycles. The van der Waals surface area contributed by atoms with E-state index in [0.29, 0.717) is 27.4 Å². The molecule has 0 saturated heterocycles. The second kappa shape index (κ2) is 5.80. The number of halogens is 3. The largest absolute Gasteiger partial charge is 0.435 e. The SMILES string of the molecule is Cc1[nH]nc(C(F)(F)F)c1-c1nc2c(n1O)-c1cnccc1Nc1ncccc1-2. The van der Waals surface area contributed by atoms with Crippen LogP contribution in [0.15, 0.2) is 36.8 Å². The Morgan fingerprint density at radius 2 is 1.97 bits per heavy atom. The van der Waals surface area contributed by atoms with Crippen LogP contribution < -0.4 is 5.32 Å². The molecular formula is C18H12F3N7O. The zero-order chi connectivity index (χ0) is 20.3. The molecule has 0 aromatic carbocycles. The molecule has 0 unspecified atom stereocenters. The van der Waals surface area contributed by atoms with Gasteiger partial charge in [0.05, 0.1) is 11.3 Å². The molecule has 0 atom stereocenters. The minimum absolute atomic E-state index is 0.128. The lowest BCUT2D eigenvalue weighted by molar-refractivity contribution is -0.140. The van der Waals surface area contributed by atoms with Crippen molar-refractivity contribution in [1.29, 1.82) is 0 Å². The number of fused-ring (bicyclic) bond motifs is 5. The predicted molar refractivity (Wildman–Crippen MR) is 96.5 cm³/mol. The zero-order valence-electron chi connectivity index (χ0n) is 14.8. The van der Waals surface area contributed by atoms with Gasteiger partial charge in [0.25, 0.3) is 0 Å². The number of aromatic nitrogens is 6. The Bertz CT molecular complexity index is 1260. The van der Waals surface area contributed by atoms with Crippen molar-refractivity contribution in [2.45, 2.75) is 13.1 Å². The van der Waals surface area contributed by atoms with Gasteiger partial charge in [0.1, 0.15) is 17.2 Å². The summed E-state index contributed by atoms with van der Waals surface area (Å²) in [7, 11) is 0. The lowest BCUT2D eigenvalue weighted by Crippen LogP contribution is -2.09. The van der Waals surface area contributed by atoms with Crippen molar-refractivity contribution in [1.82, 2.24) is 29.9 Å². The average molecular weight is 399 g/mol. The van der Waals surface area contributed by atoms with Gasteiger partial charge >= 0.3 is 6.18 Å². The molecule has 1 aliphatic heterocycles. The number of anilines is 2. The van der Waals surface area contributed by atoms with E-state index < -0.39 is 11.9 Å². The van der Waals surface area contributed by atoms with Crippen molar-refractivity contribution >= 4 is 11.5 Å². The van der Waals surface area contributed by atoms with Gasteiger partial charge in [-0.1, -0.05) is 0 Å². The number of pyridine rings is 2. The molecule has 4 aromatic heterocycles. The van der Waals surface area contributed by atoms with Crippen molar-refractivity contribution in [2.24, 2.45) is 0 Å². The Balaban J connectivity index is 1.86.